The average Bonchev–Trinajstić information content (AvgIpc) is 2.12. The molecule has 50 valence electrons. The zero-order chi connectivity index (χ0) is 6.85. The second kappa shape index (κ2) is 2.06. The van der Waals surface area contributed by atoms with Gasteiger partial charge in [0.05, 0.1) is 0 Å². The molecule has 4 nitrogen and oxygen atoms in total. The van der Waals surface area contributed by atoms with Crippen molar-refractivity contribution in [3.05, 3.63) is 11.5 Å². The minimum atomic E-state index is 0.718. The summed E-state index contributed by atoms with van der Waals surface area (Å²) >= 11 is 0. The van der Waals surface area contributed by atoms with Crippen LogP contribution in [0.1, 0.15) is 11.5 Å². The molecule has 0 radical (unpaired) electrons. The maximum atomic E-state index is 5.15. The lowest BCUT2D eigenvalue weighted by atomic mass is 10.3. The van der Waals surface area contributed by atoms with Gasteiger partial charge in [0, 0.05) is 0 Å². The summed E-state index contributed by atoms with van der Waals surface area (Å²) in [6.07, 6.45) is 0. The van der Waals surface area contributed by atoms with Crippen molar-refractivity contribution in [1.82, 2.24) is 5.16 Å². The molecular formula is C5H9N3O. The number of hydrogen-bond donors (Lipinski definition) is 2. The highest BCUT2D eigenvalue weighted by atomic mass is 16.5. The summed E-state index contributed by atoms with van der Waals surface area (Å²) in [6.45, 7) is 3.63. The number of nitrogens with zero attached hydrogens (tertiary/aromatic N) is 1. The van der Waals surface area contributed by atoms with Gasteiger partial charge in [-0.3, -0.25) is 5.84 Å². The molecule has 0 saturated heterocycles. The first-order chi connectivity index (χ1) is 4.25. The lowest BCUT2D eigenvalue weighted by Gasteiger charge is -1.93. The third kappa shape index (κ3) is 0.882. The van der Waals surface area contributed by atoms with Gasteiger partial charge in [-0.05, 0) is 13.8 Å². The highest BCUT2D eigenvalue weighted by Crippen LogP contribution is 2.16. The molecule has 0 aliphatic rings. The van der Waals surface area contributed by atoms with E-state index in [1.54, 1.807) is 6.92 Å². The molecule has 0 aliphatic carbocycles. The number of hydrogen-bond acceptors (Lipinski definition) is 4. The van der Waals surface area contributed by atoms with Crippen molar-refractivity contribution in [2.45, 2.75) is 13.8 Å². The van der Waals surface area contributed by atoms with Gasteiger partial charge in [-0.15, -0.1) is 0 Å². The predicted octanol–water partition coefficient (Wildman–Crippen LogP) is 0.577. The Bertz CT molecular complexity index is 186. The zero-order valence-corrected chi connectivity index (χ0v) is 5.43. The van der Waals surface area contributed by atoms with Crippen LogP contribution in [-0.2, 0) is 0 Å². The van der Waals surface area contributed by atoms with Crippen LogP contribution in [0, 0.1) is 13.8 Å². The van der Waals surface area contributed by atoms with Gasteiger partial charge in [-0.2, -0.15) is 0 Å². The summed E-state index contributed by atoms with van der Waals surface area (Å²) in [5.41, 5.74) is 4.05. The van der Waals surface area contributed by atoms with Gasteiger partial charge in [0.1, 0.15) is 11.4 Å². The van der Waals surface area contributed by atoms with Gasteiger partial charge in [0.15, 0.2) is 5.76 Å². The Labute approximate surface area is 53.0 Å². The van der Waals surface area contributed by atoms with Gasteiger partial charge >= 0.3 is 0 Å². The van der Waals surface area contributed by atoms with E-state index in [9.17, 15) is 0 Å². The number of hydrazine groups is 1. The summed E-state index contributed by atoms with van der Waals surface area (Å²) < 4.78 is 4.79. The van der Waals surface area contributed by atoms with Gasteiger partial charge in [0.25, 0.3) is 0 Å². The lowest BCUT2D eigenvalue weighted by molar-refractivity contribution is 0.393. The largest absolute Gasteiger partial charge is 0.359 e. The predicted molar refractivity (Wildman–Crippen MR) is 33.8 cm³/mol. The third-order valence-corrected chi connectivity index (χ3v) is 1.18. The molecule has 0 bridgehead atoms. The lowest BCUT2D eigenvalue weighted by Crippen LogP contribution is -2.07. The summed E-state index contributed by atoms with van der Waals surface area (Å²) in [4.78, 5) is 0. The molecule has 0 amide bonds. The minimum Gasteiger partial charge on any atom is -0.359 e. The average molecular weight is 127 g/mol. The molecule has 0 atom stereocenters. The summed E-state index contributed by atoms with van der Waals surface area (Å²) in [7, 11) is 0. The first-order valence-corrected chi connectivity index (χ1v) is 2.65. The molecule has 1 aromatic rings. The maximum absolute atomic E-state index is 5.15. The van der Waals surface area contributed by atoms with Crippen molar-refractivity contribution < 1.29 is 4.52 Å². The molecule has 0 aliphatic heterocycles. The van der Waals surface area contributed by atoms with Crippen molar-refractivity contribution in [1.29, 1.82) is 0 Å². The van der Waals surface area contributed by atoms with Crippen LogP contribution >= 0.6 is 0 Å². The van der Waals surface area contributed by atoms with E-state index < -0.39 is 0 Å². The highest BCUT2D eigenvalue weighted by Gasteiger charge is 2.04. The van der Waals surface area contributed by atoms with Crippen LogP contribution in [0.5, 0.6) is 0 Å². The standard InChI is InChI=1S/C5H9N3O/c1-3-5(7-6)4(2)9-8-3/h7H,6H2,1-2H3. The summed E-state index contributed by atoms with van der Waals surface area (Å²) in [6, 6.07) is 0. The van der Waals surface area contributed by atoms with E-state index in [0.717, 1.165) is 17.1 Å². The van der Waals surface area contributed by atoms with Gasteiger partial charge in [-0.1, -0.05) is 5.16 Å². The fraction of sp³-hybridized carbons (Fsp3) is 0.400. The quantitative estimate of drug-likeness (QED) is 0.427. The van der Waals surface area contributed by atoms with E-state index in [2.05, 4.69) is 10.6 Å². The van der Waals surface area contributed by atoms with Crippen LogP contribution < -0.4 is 11.3 Å². The minimum absolute atomic E-state index is 0.718. The van der Waals surface area contributed by atoms with Crippen LogP contribution in [-0.4, -0.2) is 5.16 Å². The molecule has 9 heavy (non-hydrogen) atoms. The van der Waals surface area contributed by atoms with Crippen LogP contribution in [0.2, 0.25) is 0 Å². The topological polar surface area (TPSA) is 64.1 Å². The number of nitrogen functional groups attached to an aromatic ring is 1. The normalized spacial score (nSPS) is 9.67. The molecule has 1 heterocycles. The van der Waals surface area contributed by atoms with E-state index in [0.29, 0.717) is 0 Å². The molecule has 4 heteroatoms. The van der Waals surface area contributed by atoms with E-state index >= 15 is 0 Å². The SMILES string of the molecule is Cc1noc(C)c1NN. The zero-order valence-electron chi connectivity index (χ0n) is 5.43. The van der Waals surface area contributed by atoms with Crippen molar-refractivity contribution >= 4 is 5.69 Å². The van der Waals surface area contributed by atoms with Gasteiger partial charge in [-0.25, -0.2) is 0 Å². The molecule has 0 fully saturated rings. The molecule has 3 N–H and O–H groups in total. The monoisotopic (exact) mass is 127 g/mol. The number of rotatable bonds is 1. The second-order valence-electron chi connectivity index (χ2n) is 1.84. The fourth-order valence-corrected chi connectivity index (χ4v) is 0.689. The van der Waals surface area contributed by atoms with Crippen LogP contribution in [0.4, 0.5) is 5.69 Å². The number of nitrogens with one attached hydrogen (secondary N) is 1. The number of aryl methyl sites for hydroxylation is 2. The molecule has 0 saturated carbocycles. The molecule has 1 aromatic heterocycles. The smallest absolute Gasteiger partial charge is 0.158 e. The number of aromatic nitrogens is 1. The fourth-order valence-electron chi connectivity index (χ4n) is 0.689. The van der Waals surface area contributed by atoms with E-state index in [1.807, 2.05) is 6.92 Å². The van der Waals surface area contributed by atoms with E-state index in [-0.39, 0.29) is 0 Å². The Morgan fingerprint density at radius 2 is 2.22 bits per heavy atom. The number of anilines is 1. The molecule has 1 rings (SSSR count). The molecule has 0 aromatic carbocycles. The van der Waals surface area contributed by atoms with Crippen molar-refractivity contribution in [3.63, 3.8) is 0 Å². The molecule has 0 spiro atoms. The van der Waals surface area contributed by atoms with Gasteiger partial charge < -0.3 is 9.95 Å². The van der Waals surface area contributed by atoms with E-state index in [1.165, 1.54) is 0 Å². The van der Waals surface area contributed by atoms with Crippen molar-refractivity contribution in [2.24, 2.45) is 5.84 Å². The Morgan fingerprint density at radius 3 is 2.44 bits per heavy atom. The maximum Gasteiger partial charge on any atom is 0.158 e. The highest BCUT2D eigenvalue weighted by molar-refractivity contribution is 5.48. The van der Waals surface area contributed by atoms with Crippen molar-refractivity contribution in [3.8, 4) is 0 Å². The Kier molecular flexibility index (Phi) is 1.40. The Morgan fingerprint density at radius 1 is 1.56 bits per heavy atom. The van der Waals surface area contributed by atoms with Crippen LogP contribution in [0.25, 0.3) is 0 Å². The summed E-state index contributed by atoms with van der Waals surface area (Å²) in [5.74, 6) is 5.86. The van der Waals surface area contributed by atoms with Crippen LogP contribution in [0.15, 0.2) is 4.52 Å². The Hall–Kier alpha value is -1.03. The van der Waals surface area contributed by atoms with E-state index in [4.69, 9.17) is 10.4 Å². The third-order valence-electron chi connectivity index (χ3n) is 1.18. The second-order valence-corrected chi connectivity index (χ2v) is 1.84. The number of nitrogens with two attached hydrogens (primary N) is 1. The first kappa shape index (κ1) is 6.10. The Balaban J connectivity index is 3.07. The molecule has 0 unspecified atom stereocenters. The van der Waals surface area contributed by atoms with Crippen LogP contribution in [0.3, 0.4) is 0 Å². The summed E-state index contributed by atoms with van der Waals surface area (Å²) in [5, 5.41) is 3.67. The first-order valence-electron chi connectivity index (χ1n) is 2.65. The molecular weight excluding hydrogens is 118 g/mol. The van der Waals surface area contributed by atoms with Gasteiger partial charge in [0.2, 0.25) is 0 Å². The van der Waals surface area contributed by atoms with Crippen molar-refractivity contribution in [2.75, 3.05) is 5.43 Å².